The van der Waals surface area contributed by atoms with Gasteiger partial charge in [0.2, 0.25) is 5.91 Å². The first kappa shape index (κ1) is 17.1. The van der Waals surface area contributed by atoms with Crippen molar-refractivity contribution in [3.63, 3.8) is 0 Å². The van der Waals surface area contributed by atoms with Crippen molar-refractivity contribution in [3.8, 4) is 0 Å². The van der Waals surface area contributed by atoms with Crippen LogP contribution in [-0.2, 0) is 4.79 Å². The van der Waals surface area contributed by atoms with Crippen LogP contribution in [0.2, 0.25) is 0 Å². The van der Waals surface area contributed by atoms with E-state index in [-0.39, 0.29) is 23.4 Å². The Balaban J connectivity index is 1.70. The van der Waals surface area contributed by atoms with Crippen LogP contribution in [0, 0.1) is 6.92 Å². The number of carbonyl (C=O) groups excluding carboxylic acids is 2. The van der Waals surface area contributed by atoms with Gasteiger partial charge in [0.15, 0.2) is 0 Å². The van der Waals surface area contributed by atoms with E-state index < -0.39 is 0 Å². The first-order chi connectivity index (χ1) is 12.4. The normalized spacial score (nSPS) is 26.0. The summed E-state index contributed by atoms with van der Waals surface area (Å²) in [4.78, 5) is 34.0. The second-order valence-electron chi connectivity index (χ2n) is 7.81. The van der Waals surface area contributed by atoms with Gasteiger partial charge in [-0.1, -0.05) is 6.07 Å². The molecule has 2 atom stereocenters. The van der Waals surface area contributed by atoms with Gasteiger partial charge in [-0.3, -0.25) is 9.59 Å². The maximum Gasteiger partial charge on any atom is 0.274 e. The summed E-state index contributed by atoms with van der Waals surface area (Å²) < 4.78 is 1.96. The Kier molecular flexibility index (Phi) is 4.01. The summed E-state index contributed by atoms with van der Waals surface area (Å²) in [6.45, 7) is 7.31. The van der Waals surface area contributed by atoms with Crippen LogP contribution in [0.5, 0.6) is 0 Å². The lowest BCUT2D eigenvalue weighted by Gasteiger charge is -2.56. The quantitative estimate of drug-likeness (QED) is 0.791. The molecule has 0 unspecified atom stereocenters. The molecule has 2 aliphatic heterocycles. The van der Waals surface area contributed by atoms with Crippen LogP contribution in [0.1, 0.15) is 55.7 Å². The van der Waals surface area contributed by atoms with Gasteiger partial charge in [0.25, 0.3) is 5.91 Å². The van der Waals surface area contributed by atoms with E-state index in [2.05, 4.69) is 11.9 Å². The Labute approximate surface area is 153 Å². The number of fused-ring (bicyclic) bond motifs is 2. The van der Waals surface area contributed by atoms with Crippen molar-refractivity contribution in [2.24, 2.45) is 0 Å². The number of pyridine rings is 1. The molecule has 0 spiro atoms. The maximum atomic E-state index is 13.4. The minimum Gasteiger partial charge on any atom is -0.338 e. The van der Waals surface area contributed by atoms with E-state index in [0.29, 0.717) is 5.69 Å². The molecule has 0 radical (unpaired) electrons. The van der Waals surface area contributed by atoms with E-state index in [1.54, 1.807) is 6.92 Å². The molecule has 4 rings (SSSR count). The fourth-order valence-corrected chi connectivity index (χ4v) is 4.85. The molecule has 2 saturated heterocycles. The van der Waals surface area contributed by atoms with Crippen LogP contribution < -0.4 is 0 Å². The third kappa shape index (κ3) is 2.50. The molecule has 0 aromatic carbocycles. The van der Waals surface area contributed by atoms with Crippen molar-refractivity contribution in [2.75, 3.05) is 13.1 Å². The molecule has 6 heteroatoms. The van der Waals surface area contributed by atoms with Crippen LogP contribution in [0.4, 0.5) is 0 Å². The number of hydrogen-bond donors (Lipinski definition) is 0. The highest BCUT2D eigenvalue weighted by atomic mass is 16.2. The van der Waals surface area contributed by atoms with E-state index in [0.717, 1.165) is 50.1 Å². The van der Waals surface area contributed by atoms with Gasteiger partial charge in [0.05, 0.1) is 11.6 Å². The average molecular weight is 354 g/mol. The third-order valence-electron chi connectivity index (χ3n) is 6.22. The van der Waals surface area contributed by atoms with Gasteiger partial charge in [0, 0.05) is 31.9 Å². The SMILES string of the molecule is CC(=O)N1CCC[C@@]2(C)[C@@H]1CCCN2C(=O)c1cn2c(C)cccc2n1. The Morgan fingerprint density at radius 2 is 2.04 bits per heavy atom. The zero-order valence-electron chi connectivity index (χ0n) is 15.7. The highest BCUT2D eigenvalue weighted by molar-refractivity contribution is 5.93. The van der Waals surface area contributed by atoms with Gasteiger partial charge in [-0.2, -0.15) is 0 Å². The lowest BCUT2D eigenvalue weighted by molar-refractivity contribution is -0.140. The van der Waals surface area contributed by atoms with Crippen LogP contribution in [0.3, 0.4) is 0 Å². The zero-order valence-corrected chi connectivity index (χ0v) is 15.7. The molecule has 4 heterocycles. The number of aryl methyl sites for hydroxylation is 1. The smallest absolute Gasteiger partial charge is 0.274 e. The topological polar surface area (TPSA) is 57.9 Å². The predicted molar refractivity (Wildman–Crippen MR) is 99.0 cm³/mol. The van der Waals surface area contributed by atoms with Crippen LogP contribution in [0.25, 0.3) is 5.65 Å². The van der Waals surface area contributed by atoms with E-state index in [4.69, 9.17) is 0 Å². The monoisotopic (exact) mass is 354 g/mol. The molecule has 2 aliphatic rings. The molecule has 0 bridgehead atoms. The number of carbonyl (C=O) groups is 2. The largest absolute Gasteiger partial charge is 0.338 e. The molecule has 0 aliphatic carbocycles. The highest BCUT2D eigenvalue weighted by Crippen LogP contribution is 2.39. The van der Waals surface area contributed by atoms with Crippen molar-refractivity contribution in [1.29, 1.82) is 0 Å². The summed E-state index contributed by atoms with van der Waals surface area (Å²) in [6, 6.07) is 5.98. The number of hydrogen-bond acceptors (Lipinski definition) is 3. The molecule has 6 nitrogen and oxygen atoms in total. The number of imidazole rings is 1. The van der Waals surface area contributed by atoms with E-state index in [1.807, 2.05) is 45.5 Å². The average Bonchev–Trinajstić information content (AvgIpc) is 3.05. The summed E-state index contributed by atoms with van der Waals surface area (Å²) in [6.07, 6.45) is 5.58. The number of rotatable bonds is 1. The molecule has 2 aromatic heterocycles. The van der Waals surface area contributed by atoms with E-state index >= 15 is 0 Å². The van der Waals surface area contributed by atoms with Crippen molar-refractivity contribution in [1.82, 2.24) is 19.2 Å². The fraction of sp³-hybridized carbons (Fsp3) is 0.550. The third-order valence-corrected chi connectivity index (χ3v) is 6.22. The number of amides is 2. The van der Waals surface area contributed by atoms with Crippen molar-refractivity contribution in [3.05, 3.63) is 35.8 Å². The fourth-order valence-electron chi connectivity index (χ4n) is 4.85. The van der Waals surface area contributed by atoms with E-state index in [1.165, 1.54) is 0 Å². The van der Waals surface area contributed by atoms with Crippen LogP contribution >= 0.6 is 0 Å². The molecular formula is C20H26N4O2. The summed E-state index contributed by atoms with van der Waals surface area (Å²) in [5, 5.41) is 0. The molecular weight excluding hydrogens is 328 g/mol. The Hall–Kier alpha value is -2.37. The number of likely N-dealkylation sites (tertiary alicyclic amines) is 2. The Morgan fingerprint density at radius 1 is 1.23 bits per heavy atom. The van der Waals surface area contributed by atoms with Crippen molar-refractivity contribution >= 4 is 17.5 Å². The minimum atomic E-state index is -0.315. The van der Waals surface area contributed by atoms with Gasteiger partial charge >= 0.3 is 0 Å². The van der Waals surface area contributed by atoms with Gasteiger partial charge in [-0.25, -0.2) is 4.98 Å². The molecule has 0 saturated carbocycles. The predicted octanol–water partition coefficient (Wildman–Crippen LogP) is 2.65. The first-order valence-corrected chi connectivity index (χ1v) is 9.46. The summed E-state index contributed by atoms with van der Waals surface area (Å²) in [5.41, 5.74) is 2.02. The Bertz CT molecular complexity index is 874. The maximum absolute atomic E-state index is 13.4. The summed E-state index contributed by atoms with van der Waals surface area (Å²) in [5.74, 6) is 0.0873. The second-order valence-corrected chi connectivity index (χ2v) is 7.81. The molecule has 2 aromatic rings. The first-order valence-electron chi connectivity index (χ1n) is 9.46. The molecule has 138 valence electrons. The zero-order chi connectivity index (χ0) is 18.5. The van der Waals surface area contributed by atoms with Crippen LogP contribution in [-0.4, -0.2) is 55.7 Å². The lowest BCUT2D eigenvalue weighted by atomic mass is 9.76. The van der Waals surface area contributed by atoms with Gasteiger partial charge < -0.3 is 14.2 Å². The van der Waals surface area contributed by atoms with Gasteiger partial charge in [-0.05, 0) is 51.7 Å². The van der Waals surface area contributed by atoms with Crippen LogP contribution in [0.15, 0.2) is 24.4 Å². The highest BCUT2D eigenvalue weighted by Gasteiger charge is 2.50. The summed E-state index contributed by atoms with van der Waals surface area (Å²) >= 11 is 0. The van der Waals surface area contributed by atoms with Gasteiger partial charge in [-0.15, -0.1) is 0 Å². The van der Waals surface area contributed by atoms with E-state index in [9.17, 15) is 9.59 Å². The summed E-state index contributed by atoms with van der Waals surface area (Å²) in [7, 11) is 0. The second kappa shape index (κ2) is 6.11. The molecule has 2 amide bonds. The van der Waals surface area contributed by atoms with Crippen molar-refractivity contribution < 1.29 is 9.59 Å². The number of nitrogens with zero attached hydrogens (tertiary/aromatic N) is 4. The lowest BCUT2D eigenvalue weighted by Crippen LogP contribution is -2.68. The molecule has 26 heavy (non-hydrogen) atoms. The number of aromatic nitrogens is 2. The van der Waals surface area contributed by atoms with Crippen molar-refractivity contribution in [2.45, 2.75) is 58.0 Å². The molecule has 2 fully saturated rings. The van der Waals surface area contributed by atoms with Gasteiger partial charge in [0.1, 0.15) is 11.3 Å². The minimum absolute atomic E-state index is 0.0225. The number of piperidine rings is 2. The molecule has 0 N–H and O–H groups in total. The standard InChI is InChI=1S/C20H26N4O2/c1-14-7-4-9-18-21-16(13-23(14)18)19(26)24-12-5-8-17-20(24,3)10-6-11-22(17)15(2)25/h4,7,9,13,17H,5-6,8,10-12H2,1-3H3/t17-,20-/m0/s1. The Morgan fingerprint density at radius 3 is 2.77 bits per heavy atom.